The van der Waals surface area contributed by atoms with E-state index < -0.39 is 10.7 Å². The molecule has 0 aromatic heterocycles. The Kier molecular flexibility index (Phi) is 5.70. The van der Waals surface area contributed by atoms with E-state index in [-0.39, 0.29) is 22.5 Å². The number of carbonyl (C=O) groups excluding carboxylic acids is 1. The van der Waals surface area contributed by atoms with Gasteiger partial charge < -0.3 is 20.2 Å². The summed E-state index contributed by atoms with van der Waals surface area (Å²) in [5.74, 6) is 0.221. The van der Waals surface area contributed by atoms with Crippen LogP contribution in [0.5, 0.6) is 11.5 Å². The summed E-state index contributed by atoms with van der Waals surface area (Å²) in [6.45, 7) is 0. The zero-order chi connectivity index (χ0) is 18.4. The Morgan fingerprint density at radius 3 is 2.32 bits per heavy atom. The largest absolute Gasteiger partial charge is 0.761 e. The SMILES string of the molecule is COc1cccc(OC)c1C(=O)/C=C/c1ccc(N[O-])cc1[N+](=O)[O-]. The van der Waals surface area contributed by atoms with Gasteiger partial charge in [0.2, 0.25) is 0 Å². The van der Waals surface area contributed by atoms with Crippen LogP contribution in [0.1, 0.15) is 15.9 Å². The van der Waals surface area contributed by atoms with Crippen LogP contribution in [-0.4, -0.2) is 24.9 Å². The van der Waals surface area contributed by atoms with Gasteiger partial charge in [-0.05, 0) is 36.4 Å². The van der Waals surface area contributed by atoms with Gasteiger partial charge in [0.1, 0.15) is 17.1 Å². The molecule has 25 heavy (non-hydrogen) atoms. The highest BCUT2D eigenvalue weighted by molar-refractivity contribution is 6.10. The van der Waals surface area contributed by atoms with Gasteiger partial charge >= 0.3 is 0 Å². The van der Waals surface area contributed by atoms with E-state index in [0.29, 0.717) is 11.5 Å². The van der Waals surface area contributed by atoms with Crippen molar-refractivity contribution in [2.75, 3.05) is 19.7 Å². The molecule has 130 valence electrons. The second-order valence-corrected chi connectivity index (χ2v) is 4.87. The van der Waals surface area contributed by atoms with Gasteiger partial charge in [-0.25, -0.2) is 0 Å². The Bertz CT molecular complexity index is 810. The fourth-order valence-electron chi connectivity index (χ4n) is 2.25. The summed E-state index contributed by atoms with van der Waals surface area (Å²) < 4.78 is 10.3. The van der Waals surface area contributed by atoms with Gasteiger partial charge in [-0.3, -0.25) is 14.9 Å². The van der Waals surface area contributed by atoms with Gasteiger partial charge in [0.05, 0.1) is 24.7 Å². The van der Waals surface area contributed by atoms with Crippen molar-refractivity contribution in [2.45, 2.75) is 0 Å². The molecule has 0 saturated heterocycles. The summed E-state index contributed by atoms with van der Waals surface area (Å²) in [5, 5.41) is 21.8. The first-order chi connectivity index (χ1) is 12.0. The van der Waals surface area contributed by atoms with Crippen LogP contribution in [0.15, 0.2) is 42.5 Å². The van der Waals surface area contributed by atoms with E-state index in [1.165, 1.54) is 38.5 Å². The van der Waals surface area contributed by atoms with Crippen LogP contribution in [0.25, 0.3) is 6.08 Å². The highest BCUT2D eigenvalue weighted by Gasteiger charge is 2.17. The number of ether oxygens (including phenoxy) is 2. The van der Waals surface area contributed by atoms with Crippen molar-refractivity contribution < 1.29 is 19.2 Å². The summed E-state index contributed by atoms with van der Waals surface area (Å²) in [4.78, 5) is 23.0. The standard InChI is InChI=1S/C17H15N2O6/c1-24-15-4-3-5-16(25-2)17(15)14(20)9-7-11-6-8-12(18-21)10-13(11)19(22)23/h3-10,18H,1-2H3/q-1/b9-7+. The molecule has 0 amide bonds. The number of nitro groups is 1. The molecule has 0 radical (unpaired) electrons. The average molecular weight is 343 g/mol. The van der Waals surface area contributed by atoms with Crippen LogP contribution in [0.4, 0.5) is 11.4 Å². The van der Waals surface area contributed by atoms with Crippen LogP contribution in [0.2, 0.25) is 0 Å². The number of allylic oxidation sites excluding steroid dienone is 1. The number of nitro benzene ring substituents is 1. The molecule has 0 fully saturated rings. The van der Waals surface area contributed by atoms with Crippen molar-refractivity contribution in [1.29, 1.82) is 0 Å². The van der Waals surface area contributed by atoms with Crippen molar-refractivity contribution in [1.82, 2.24) is 0 Å². The Hall–Kier alpha value is -3.39. The lowest BCUT2D eigenvalue weighted by Crippen LogP contribution is -2.02. The maximum Gasteiger partial charge on any atom is 0.278 e. The number of methoxy groups -OCH3 is 2. The van der Waals surface area contributed by atoms with Crippen LogP contribution in [0.3, 0.4) is 0 Å². The molecule has 1 N–H and O–H groups in total. The summed E-state index contributed by atoms with van der Waals surface area (Å²) in [5.41, 5.74) is 1.75. The van der Waals surface area contributed by atoms with Crippen molar-refractivity contribution in [2.24, 2.45) is 0 Å². The molecular weight excluding hydrogens is 328 g/mol. The molecule has 8 heteroatoms. The van der Waals surface area contributed by atoms with Crippen molar-refractivity contribution >= 4 is 23.2 Å². The van der Waals surface area contributed by atoms with Gasteiger partial charge in [0.25, 0.3) is 5.69 Å². The molecule has 0 spiro atoms. The number of hydrogen-bond donors (Lipinski definition) is 1. The third kappa shape index (κ3) is 3.93. The Balaban J connectivity index is 2.41. The Morgan fingerprint density at radius 1 is 1.16 bits per heavy atom. The van der Waals surface area contributed by atoms with E-state index >= 15 is 0 Å². The van der Waals surface area contributed by atoms with Crippen LogP contribution in [0, 0.1) is 15.3 Å². The van der Waals surface area contributed by atoms with E-state index in [4.69, 9.17) is 9.47 Å². The highest BCUT2D eigenvalue weighted by Crippen LogP contribution is 2.30. The summed E-state index contributed by atoms with van der Waals surface area (Å²) in [6, 6.07) is 8.76. The monoisotopic (exact) mass is 343 g/mol. The predicted octanol–water partition coefficient (Wildman–Crippen LogP) is 3.42. The third-order valence-electron chi connectivity index (χ3n) is 3.43. The zero-order valence-corrected chi connectivity index (χ0v) is 13.5. The topological polar surface area (TPSA) is 114 Å². The van der Waals surface area contributed by atoms with Gasteiger partial charge in [0, 0.05) is 11.8 Å². The number of carbonyl (C=O) groups is 1. The van der Waals surface area contributed by atoms with Gasteiger partial charge in [-0.2, -0.15) is 0 Å². The lowest BCUT2D eigenvalue weighted by molar-refractivity contribution is -0.385. The summed E-state index contributed by atoms with van der Waals surface area (Å²) in [7, 11) is 2.85. The molecule has 0 aliphatic carbocycles. The molecule has 0 atom stereocenters. The molecule has 0 unspecified atom stereocenters. The summed E-state index contributed by atoms with van der Waals surface area (Å²) >= 11 is 0. The summed E-state index contributed by atoms with van der Waals surface area (Å²) in [6.07, 6.45) is 2.49. The maximum absolute atomic E-state index is 12.5. The van der Waals surface area contributed by atoms with Gasteiger partial charge in [0.15, 0.2) is 5.78 Å². The lowest BCUT2D eigenvalue weighted by atomic mass is 10.1. The fourth-order valence-corrected chi connectivity index (χ4v) is 2.25. The number of rotatable bonds is 7. The molecule has 2 aromatic rings. The van der Waals surface area contributed by atoms with Crippen molar-refractivity contribution in [3.05, 3.63) is 68.9 Å². The predicted molar refractivity (Wildman–Crippen MR) is 93.0 cm³/mol. The molecule has 0 aliphatic rings. The number of nitrogens with one attached hydrogen (secondary N) is 1. The van der Waals surface area contributed by atoms with E-state index in [2.05, 4.69) is 0 Å². The van der Waals surface area contributed by atoms with E-state index in [1.807, 2.05) is 0 Å². The normalized spacial score (nSPS) is 10.5. The molecule has 0 aliphatic heterocycles. The third-order valence-corrected chi connectivity index (χ3v) is 3.43. The molecular formula is C17H15N2O6-. The number of benzene rings is 2. The van der Waals surface area contributed by atoms with E-state index in [9.17, 15) is 20.1 Å². The zero-order valence-electron chi connectivity index (χ0n) is 13.5. The van der Waals surface area contributed by atoms with Gasteiger partial charge in [-0.15, -0.1) is 0 Å². The minimum atomic E-state index is -0.630. The molecule has 0 bridgehead atoms. The average Bonchev–Trinajstić information content (AvgIpc) is 2.64. The lowest BCUT2D eigenvalue weighted by Gasteiger charge is -2.10. The first-order valence-corrected chi connectivity index (χ1v) is 7.11. The number of ketones is 1. The molecule has 8 nitrogen and oxygen atoms in total. The Morgan fingerprint density at radius 2 is 1.80 bits per heavy atom. The number of anilines is 1. The maximum atomic E-state index is 12.5. The van der Waals surface area contributed by atoms with Crippen LogP contribution in [-0.2, 0) is 0 Å². The number of hydrogen-bond acceptors (Lipinski definition) is 7. The number of nitrogens with zero attached hydrogens (tertiary/aromatic N) is 1. The molecule has 2 aromatic carbocycles. The van der Waals surface area contributed by atoms with Crippen LogP contribution >= 0.6 is 0 Å². The highest BCUT2D eigenvalue weighted by atomic mass is 16.6. The second-order valence-electron chi connectivity index (χ2n) is 4.87. The smallest absolute Gasteiger partial charge is 0.278 e. The van der Waals surface area contributed by atoms with Crippen molar-refractivity contribution in [3.63, 3.8) is 0 Å². The minimum absolute atomic E-state index is 0.0570. The van der Waals surface area contributed by atoms with Crippen molar-refractivity contribution in [3.8, 4) is 11.5 Å². The fraction of sp³-hybridized carbons (Fsp3) is 0.118. The Labute approximate surface area is 143 Å². The minimum Gasteiger partial charge on any atom is -0.761 e. The first kappa shape index (κ1) is 18.0. The van der Waals surface area contributed by atoms with E-state index in [0.717, 1.165) is 6.07 Å². The van der Waals surface area contributed by atoms with E-state index in [1.54, 1.807) is 23.7 Å². The first-order valence-electron chi connectivity index (χ1n) is 7.11. The van der Waals surface area contributed by atoms with Crippen LogP contribution < -0.4 is 15.0 Å². The quantitative estimate of drug-likeness (QED) is 0.354. The second kappa shape index (κ2) is 7.93. The molecule has 0 heterocycles. The van der Waals surface area contributed by atoms with Gasteiger partial charge in [-0.1, -0.05) is 6.07 Å². The molecule has 0 saturated carbocycles. The molecule has 2 rings (SSSR count).